The Morgan fingerprint density at radius 2 is 1.86 bits per heavy atom. The van der Waals surface area contributed by atoms with E-state index in [2.05, 4.69) is 5.32 Å². The van der Waals surface area contributed by atoms with Crippen LogP contribution in [0, 0.1) is 18.6 Å². The lowest BCUT2D eigenvalue weighted by molar-refractivity contribution is -0.115. The molecule has 0 unspecified atom stereocenters. The van der Waals surface area contributed by atoms with Crippen molar-refractivity contribution in [2.75, 3.05) is 5.32 Å². The Hall–Kier alpha value is -2.69. The molecule has 2 aromatic carbocycles. The van der Waals surface area contributed by atoms with Gasteiger partial charge < -0.3 is 9.73 Å². The Bertz CT molecular complexity index is 835. The maximum atomic E-state index is 13.1. The standard InChI is InChI=1S/C17H13F2NO2/c1-10-2-3-15-11(9-22-16(15)4-10)5-17(21)20-14-7-12(18)6-13(19)8-14/h2-4,6-9H,5H2,1H3,(H,20,21). The first kappa shape index (κ1) is 14.3. The van der Waals surface area contributed by atoms with E-state index in [4.69, 9.17) is 4.42 Å². The molecule has 0 atom stereocenters. The van der Waals surface area contributed by atoms with E-state index in [9.17, 15) is 13.6 Å². The fraction of sp³-hybridized carbons (Fsp3) is 0.118. The second-order valence-electron chi connectivity index (χ2n) is 5.14. The molecule has 3 nitrogen and oxygen atoms in total. The van der Waals surface area contributed by atoms with E-state index in [1.165, 1.54) is 6.26 Å². The maximum Gasteiger partial charge on any atom is 0.228 e. The van der Waals surface area contributed by atoms with Gasteiger partial charge in [0.25, 0.3) is 0 Å². The van der Waals surface area contributed by atoms with Crippen molar-refractivity contribution in [1.82, 2.24) is 0 Å². The van der Waals surface area contributed by atoms with Crippen molar-refractivity contribution < 1.29 is 18.0 Å². The minimum atomic E-state index is -0.737. The van der Waals surface area contributed by atoms with Crippen LogP contribution in [0.3, 0.4) is 0 Å². The van der Waals surface area contributed by atoms with Crippen LogP contribution in [0.1, 0.15) is 11.1 Å². The molecule has 0 aliphatic heterocycles. The van der Waals surface area contributed by atoms with Gasteiger partial charge in [-0.15, -0.1) is 0 Å². The Morgan fingerprint density at radius 3 is 2.59 bits per heavy atom. The van der Waals surface area contributed by atoms with Gasteiger partial charge in [-0.3, -0.25) is 4.79 Å². The molecule has 0 saturated carbocycles. The molecule has 1 heterocycles. The Labute approximate surface area is 125 Å². The number of furan rings is 1. The summed E-state index contributed by atoms with van der Waals surface area (Å²) in [5.74, 6) is -1.84. The zero-order valence-electron chi connectivity index (χ0n) is 11.8. The van der Waals surface area contributed by atoms with Crippen LogP contribution in [-0.4, -0.2) is 5.91 Å². The second-order valence-corrected chi connectivity index (χ2v) is 5.14. The number of hydrogen-bond donors (Lipinski definition) is 1. The predicted octanol–water partition coefficient (Wildman–Crippen LogP) is 4.20. The van der Waals surface area contributed by atoms with Crippen LogP contribution in [0.25, 0.3) is 11.0 Å². The van der Waals surface area contributed by atoms with E-state index in [1.54, 1.807) is 0 Å². The molecular formula is C17H13F2NO2. The minimum absolute atomic E-state index is 0.0637. The SMILES string of the molecule is Cc1ccc2c(CC(=O)Nc3cc(F)cc(F)c3)coc2c1. The van der Waals surface area contributed by atoms with Gasteiger partial charge in [-0.2, -0.15) is 0 Å². The third kappa shape index (κ3) is 2.98. The number of rotatable bonds is 3. The molecular weight excluding hydrogens is 288 g/mol. The first-order chi connectivity index (χ1) is 10.5. The van der Waals surface area contributed by atoms with Gasteiger partial charge in [-0.25, -0.2) is 8.78 Å². The normalized spacial score (nSPS) is 10.9. The van der Waals surface area contributed by atoms with Crippen LogP contribution in [0.4, 0.5) is 14.5 Å². The number of benzene rings is 2. The molecule has 0 spiro atoms. The number of amides is 1. The number of halogens is 2. The molecule has 1 aromatic heterocycles. The summed E-state index contributed by atoms with van der Waals surface area (Å²) in [4.78, 5) is 12.0. The van der Waals surface area contributed by atoms with Crippen molar-refractivity contribution in [3.8, 4) is 0 Å². The van der Waals surface area contributed by atoms with Crippen molar-refractivity contribution in [1.29, 1.82) is 0 Å². The summed E-state index contributed by atoms with van der Waals surface area (Å²) in [6, 6.07) is 8.59. The van der Waals surface area contributed by atoms with Crippen LogP contribution in [0.5, 0.6) is 0 Å². The Morgan fingerprint density at radius 1 is 1.14 bits per heavy atom. The van der Waals surface area contributed by atoms with Crippen LogP contribution >= 0.6 is 0 Å². The number of nitrogens with one attached hydrogen (secondary N) is 1. The van der Waals surface area contributed by atoms with E-state index < -0.39 is 11.6 Å². The monoisotopic (exact) mass is 301 g/mol. The van der Waals surface area contributed by atoms with E-state index in [-0.39, 0.29) is 18.0 Å². The lowest BCUT2D eigenvalue weighted by Gasteiger charge is -2.05. The van der Waals surface area contributed by atoms with Crippen molar-refractivity contribution in [3.63, 3.8) is 0 Å². The van der Waals surface area contributed by atoms with Gasteiger partial charge in [0.2, 0.25) is 5.91 Å². The fourth-order valence-corrected chi connectivity index (χ4v) is 2.33. The van der Waals surface area contributed by atoms with Crippen LogP contribution in [0.2, 0.25) is 0 Å². The molecule has 0 aliphatic carbocycles. The predicted molar refractivity (Wildman–Crippen MR) is 79.6 cm³/mol. The summed E-state index contributed by atoms with van der Waals surface area (Å²) in [7, 11) is 0. The number of anilines is 1. The highest BCUT2D eigenvalue weighted by Crippen LogP contribution is 2.23. The number of hydrogen-bond acceptors (Lipinski definition) is 2. The molecule has 0 saturated heterocycles. The first-order valence-corrected chi connectivity index (χ1v) is 6.74. The lowest BCUT2D eigenvalue weighted by Crippen LogP contribution is -2.14. The Balaban J connectivity index is 1.78. The number of aryl methyl sites for hydroxylation is 1. The highest BCUT2D eigenvalue weighted by atomic mass is 19.1. The molecule has 3 rings (SSSR count). The Kier molecular flexibility index (Phi) is 3.63. The van der Waals surface area contributed by atoms with Crippen molar-refractivity contribution in [3.05, 3.63) is 65.4 Å². The van der Waals surface area contributed by atoms with Crippen LogP contribution in [0.15, 0.2) is 47.1 Å². The summed E-state index contributed by atoms with van der Waals surface area (Å²) in [5, 5.41) is 3.33. The smallest absolute Gasteiger partial charge is 0.228 e. The molecule has 0 aliphatic rings. The lowest BCUT2D eigenvalue weighted by atomic mass is 10.1. The van der Waals surface area contributed by atoms with Gasteiger partial charge in [0.1, 0.15) is 17.2 Å². The molecule has 3 aromatic rings. The molecule has 0 fully saturated rings. The van der Waals surface area contributed by atoms with Gasteiger partial charge in [0, 0.05) is 22.7 Å². The highest BCUT2D eigenvalue weighted by Gasteiger charge is 2.11. The largest absolute Gasteiger partial charge is 0.464 e. The maximum absolute atomic E-state index is 13.1. The summed E-state index contributed by atoms with van der Waals surface area (Å²) in [5.41, 5.74) is 2.59. The van der Waals surface area contributed by atoms with Crippen molar-refractivity contribution >= 4 is 22.6 Å². The molecule has 1 N–H and O–H groups in total. The molecule has 22 heavy (non-hydrogen) atoms. The third-order valence-electron chi connectivity index (χ3n) is 3.31. The van der Waals surface area contributed by atoms with Crippen molar-refractivity contribution in [2.24, 2.45) is 0 Å². The number of carbonyl (C=O) groups is 1. The first-order valence-electron chi connectivity index (χ1n) is 6.74. The van der Waals surface area contributed by atoms with Gasteiger partial charge >= 0.3 is 0 Å². The summed E-state index contributed by atoms with van der Waals surface area (Å²) in [6.07, 6.45) is 1.59. The minimum Gasteiger partial charge on any atom is -0.464 e. The average molecular weight is 301 g/mol. The number of carbonyl (C=O) groups excluding carboxylic acids is 1. The molecule has 5 heteroatoms. The molecule has 0 bridgehead atoms. The topological polar surface area (TPSA) is 42.2 Å². The molecule has 0 radical (unpaired) electrons. The van der Waals surface area contributed by atoms with Crippen LogP contribution < -0.4 is 5.32 Å². The summed E-state index contributed by atoms with van der Waals surface area (Å²) >= 11 is 0. The molecule has 112 valence electrons. The van der Waals surface area contributed by atoms with E-state index in [0.717, 1.165) is 34.7 Å². The second kappa shape index (κ2) is 5.60. The molecule has 1 amide bonds. The van der Waals surface area contributed by atoms with Crippen LogP contribution in [-0.2, 0) is 11.2 Å². The fourth-order valence-electron chi connectivity index (χ4n) is 2.33. The summed E-state index contributed by atoms with van der Waals surface area (Å²) in [6.45, 7) is 1.95. The zero-order chi connectivity index (χ0) is 15.7. The third-order valence-corrected chi connectivity index (χ3v) is 3.31. The highest BCUT2D eigenvalue weighted by molar-refractivity contribution is 5.95. The van der Waals surface area contributed by atoms with E-state index in [0.29, 0.717) is 5.58 Å². The van der Waals surface area contributed by atoms with Gasteiger partial charge in [-0.05, 0) is 30.7 Å². The van der Waals surface area contributed by atoms with Gasteiger partial charge in [0.05, 0.1) is 12.7 Å². The zero-order valence-corrected chi connectivity index (χ0v) is 11.8. The average Bonchev–Trinajstić information content (AvgIpc) is 2.79. The van der Waals surface area contributed by atoms with E-state index in [1.807, 2.05) is 25.1 Å². The number of fused-ring (bicyclic) bond motifs is 1. The quantitative estimate of drug-likeness (QED) is 0.787. The van der Waals surface area contributed by atoms with Crippen molar-refractivity contribution in [2.45, 2.75) is 13.3 Å². The van der Waals surface area contributed by atoms with Gasteiger partial charge in [-0.1, -0.05) is 12.1 Å². The summed E-state index contributed by atoms with van der Waals surface area (Å²) < 4.78 is 31.6. The van der Waals surface area contributed by atoms with E-state index >= 15 is 0 Å². The van der Waals surface area contributed by atoms with Gasteiger partial charge in [0.15, 0.2) is 0 Å².